The molecule has 3 rings (SSSR count). The predicted molar refractivity (Wildman–Crippen MR) is 46.8 cm³/mol. The molecule has 0 spiro atoms. The van der Waals surface area contributed by atoms with Gasteiger partial charge in [0.05, 0.1) is 0 Å². The summed E-state index contributed by atoms with van der Waals surface area (Å²) < 4.78 is 0. The van der Waals surface area contributed by atoms with E-state index in [4.69, 9.17) is 5.73 Å². The first kappa shape index (κ1) is 7.20. The monoisotopic (exact) mass is 151 g/mol. The molecule has 1 saturated carbocycles. The molecule has 1 heteroatoms. The minimum Gasteiger partial charge on any atom is -0.402 e. The zero-order chi connectivity index (χ0) is 8.22. The highest BCUT2D eigenvalue weighted by Gasteiger charge is 2.52. The van der Waals surface area contributed by atoms with E-state index in [-0.39, 0.29) is 0 Å². The van der Waals surface area contributed by atoms with Crippen LogP contribution >= 0.6 is 0 Å². The quantitative estimate of drug-likeness (QED) is 0.564. The summed E-state index contributed by atoms with van der Waals surface area (Å²) in [6.45, 7) is 6.99. The van der Waals surface area contributed by atoms with Gasteiger partial charge in [-0.3, -0.25) is 0 Å². The second-order valence-electron chi connectivity index (χ2n) is 4.73. The molecule has 0 aromatic carbocycles. The van der Waals surface area contributed by atoms with Crippen LogP contribution in [0.5, 0.6) is 0 Å². The van der Waals surface area contributed by atoms with Gasteiger partial charge in [0.2, 0.25) is 0 Å². The molecule has 0 aromatic rings. The summed E-state index contributed by atoms with van der Waals surface area (Å²) in [5.74, 6) is 2.23. The molecule has 3 atom stereocenters. The molecule has 0 heterocycles. The van der Waals surface area contributed by atoms with E-state index >= 15 is 0 Å². The first-order chi connectivity index (χ1) is 5.03. The Morgan fingerprint density at radius 2 is 2.18 bits per heavy atom. The van der Waals surface area contributed by atoms with Crippen molar-refractivity contribution in [2.24, 2.45) is 28.9 Å². The molecule has 62 valence electrons. The maximum Gasteiger partial charge on any atom is 0.00747 e. The zero-order valence-electron chi connectivity index (χ0n) is 7.59. The first-order valence-corrected chi connectivity index (χ1v) is 4.50. The fourth-order valence-electron chi connectivity index (χ4n) is 2.74. The van der Waals surface area contributed by atoms with E-state index in [1.807, 2.05) is 0 Å². The van der Waals surface area contributed by atoms with Crippen molar-refractivity contribution >= 4 is 0 Å². The van der Waals surface area contributed by atoms with E-state index in [2.05, 4.69) is 26.8 Å². The van der Waals surface area contributed by atoms with Gasteiger partial charge >= 0.3 is 0 Å². The number of allylic oxidation sites excluding steroid dienone is 2. The maximum atomic E-state index is 5.88. The fourth-order valence-corrected chi connectivity index (χ4v) is 2.74. The minimum atomic E-state index is 0.530. The lowest BCUT2D eigenvalue weighted by Crippen LogP contribution is -2.51. The van der Waals surface area contributed by atoms with Crippen LogP contribution in [-0.4, -0.2) is 0 Å². The van der Waals surface area contributed by atoms with Gasteiger partial charge in [0.15, 0.2) is 0 Å². The summed E-state index contributed by atoms with van der Waals surface area (Å²) in [5, 5.41) is 0. The van der Waals surface area contributed by atoms with Crippen LogP contribution in [0.15, 0.2) is 11.8 Å². The molecular weight excluding hydrogens is 134 g/mol. The highest BCUT2D eigenvalue weighted by molar-refractivity contribution is 5.21. The van der Waals surface area contributed by atoms with E-state index < -0.39 is 0 Å². The van der Waals surface area contributed by atoms with E-state index in [1.54, 1.807) is 0 Å². The lowest BCUT2D eigenvalue weighted by Gasteiger charge is -2.57. The van der Waals surface area contributed by atoms with Crippen LogP contribution in [0, 0.1) is 23.2 Å². The van der Waals surface area contributed by atoms with Crippen LogP contribution in [-0.2, 0) is 0 Å². The van der Waals surface area contributed by atoms with Crippen LogP contribution in [0.3, 0.4) is 0 Å². The van der Waals surface area contributed by atoms with Gasteiger partial charge in [-0.15, -0.1) is 0 Å². The Balaban J connectivity index is 2.32. The topological polar surface area (TPSA) is 26.0 Å². The van der Waals surface area contributed by atoms with Gasteiger partial charge in [-0.2, -0.15) is 0 Å². The normalized spacial score (nSPS) is 46.1. The number of hydrogen-bond acceptors (Lipinski definition) is 1. The smallest absolute Gasteiger partial charge is 0.00747 e. The number of hydrogen-bond donors (Lipinski definition) is 1. The van der Waals surface area contributed by atoms with Crippen molar-refractivity contribution in [3.63, 3.8) is 0 Å². The Morgan fingerprint density at radius 3 is 2.55 bits per heavy atom. The lowest BCUT2D eigenvalue weighted by atomic mass is 9.48. The third-order valence-corrected chi connectivity index (χ3v) is 3.94. The molecule has 2 N–H and O–H groups in total. The Hall–Kier alpha value is -0.460. The summed E-state index contributed by atoms with van der Waals surface area (Å²) in [4.78, 5) is 0. The summed E-state index contributed by atoms with van der Waals surface area (Å²) in [6.07, 6.45) is 3.65. The summed E-state index contributed by atoms with van der Waals surface area (Å²) in [6, 6.07) is 0. The van der Waals surface area contributed by atoms with Crippen LogP contribution in [0.1, 0.15) is 27.2 Å². The van der Waals surface area contributed by atoms with Crippen LogP contribution in [0.2, 0.25) is 0 Å². The molecule has 1 fully saturated rings. The van der Waals surface area contributed by atoms with E-state index in [0.717, 1.165) is 17.5 Å². The molecule has 3 aliphatic carbocycles. The maximum absolute atomic E-state index is 5.88. The zero-order valence-corrected chi connectivity index (χ0v) is 7.59. The van der Waals surface area contributed by atoms with Gasteiger partial charge in [0.1, 0.15) is 0 Å². The van der Waals surface area contributed by atoms with Crippen molar-refractivity contribution in [3.8, 4) is 0 Å². The molecule has 0 radical (unpaired) electrons. The van der Waals surface area contributed by atoms with Gasteiger partial charge < -0.3 is 5.73 Å². The molecule has 1 nitrogen and oxygen atoms in total. The molecule has 11 heavy (non-hydrogen) atoms. The van der Waals surface area contributed by atoms with Crippen molar-refractivity contribution in [3.05, 3.63) is 11.8 Å². The van der Waals surface area contributed by atoms with Crippen LogP contribution in [0.25, 0.3) is 0 Å². The second kappa shape index (κ2) is 1.82. The van der Waals surface area contributed by atoms with Crippen molar-refractivity contribution < 1.29 is 0 Å². The summed E-state index contributed by atoms with van der Waals surface area (Å²) in [7, 11) is 0. The Kier molecular flexibility index (Phi) is 1.19. The van der Waals surface area contributed by atoms with Crippen molar-refractivity contribution in [2.45, 2.75) is 27.2 Å². The van der Waals surface area contributed by atoms with Gasteiger partial charge in [-0.25, -0.2) is 0 Å². The van der Waals surface area contributed by atoms with Crippen molar-refractivity contribution in [1.29, 1.82) is 0 Å². The Morgan fingerprint density at radius 1 is 1.55 bits per heavy atom. The Bertz CT molecular complexity index is 215. The van der Waals surface area contributed by atoms with Gasteiger partial charge in [-0.1, -0.05) is 26.8 Å². The molecule has 0 aromatic heterocycles. The highest BCUT2D eigenvalue weighted by atomic mass is 14.7. The summed E-state index contributed by atoms with van der Waals surface area (Å²) in [5.41, 5.74) is 7.54. The van der Waals surface area contributed by atoms with E-state index in [1.165, 1.54) is 6.42 Å². The minimum absolute atomic E-state index is 0.530. The van der Waals surface area contributed by atoms with E-state index in [9.17, 15) is 0 Å². The number of rotatable bonds is 0. The van der Waals surface area contributed by atoms with E-state index in [0.29, 0.717) is 11.3 Å². The first-order valence-electron chi connectivity index (χ1n) is 4.50. The number of nitrogens with two attached hydrogens (primary N) is 1. The molecular formula is C10H17N. The average Bonchev–Trinajstić information content (AvgIpc) is 1.93. The van der Waals surface area contributed by atoms with Crippen LogP contribution in [0.4, 0.5) is 0 Å². The summed E-state index contributed by atoms with van der Waals surface area (Å²) >= 11 is 0. The third kappa shape index (κ3) is 0.715. The second-order valence-corrected chi connectivity index (χ2v) is 4.73. The molecule has 3 aliphatic rings. The molecule has 2 bridgehead atoms. The van der Waals surface area contributed by atoms with Crippen LogP contribution < -0.4 is 5.73 Å². The highest BCUT2D eigenvalue weighted by Crippen LogP contribution is 2.59. The van der Waals surface area contributed by atoms with Crippen molar-refractivity contribution in [1.82, 2.24) is 0 Å². The number of fused-ring (bicyclic) bond motifs is 1. The SMILES string of the molecule is C[C@@H]1C(N)=C[C@H]2C[C@@H]1C2(C)C. The average molecular weight is 151 g/mol. The fraction of sp³-hybridized carbons (Fsp3) is 0.800. The standard InChI is InChI=1S/C10H17N/c1-6-8-4-7(5-9(6)11)10(8,2)3/h5-8H,4,11H2,1-3H3/t6-,7+,8-/m0/s1. The third-order valence-electron chi connectivity index (χ3n) is 3.94. The van der Waals surface area contributed by atoms with Gasteiger partial charge in [-0.05, 0) is 29.6 Å². The molecule has 0 aliphatic heterocycles. The lowest BCUT2D eigenvalue weighted by molar-refractivity contribution is -0.0315. The van der Waals surface area contributed by atoms with Crippen molar-refractivity contribution in [2.75, 3.05) is 0 Å². The molecule has 0 amide bonds. The molecule has 0 unspecified atom stereocenters. The Labute approximate surface area is 68.7 Å². The van der Waals surface area contributed by atoms with Gasteiger partial charge in [0, 0.05) is 5.70 Å². The largest absolute Gasteiger partial charge is 0.402 e. The molecule has 0 saturated heterocycles. The predicted octanol–water partition coefficient (Wildman–Crippen LogP) is 2.14. The van der Waals surface area contributed by atoms with Gasteiger partial charge in [0.25, 0.3) is 0 Å².